The lowest BCUT2D eigenvalue weighted by atomic mass is 9.87. The normalized spacial score (nSPS) is 27.6. The van der Waals surface area contributed by atoms with Crippen molar-refractivity contribution in [2.45, 2.75) is 70.3 Å². The molecule has 0 radical (unpaired) electrons. The Kier molecular flexibility index (Phi) is 6.64. The van der Waals surface area contributed by atoms with Crippen LogP contribution in [0.15, 0.2) is 30.3 Å². The summed E-state index contributed by atoms with van der Waals surface area (Å²) in [6, 6.07) is 9.52. The number of hydroxylamine groups is 2. The lowest BCUT2D eigenvalue weighted by molar-refractivity contribution is -0.140. The van der Waals surface area contributed by atoms with Gasteiger partial charge >= 0.3 is 5.97 Å². The number of benzene rings is 1. The third kappa shape index (κ3) is 4.85. The van der Waals surface area contributed by atoms with Crippen LogP contribution in [0.4, 0.5) is 0 Å². The van der Waals surface area contributed by atoms with E-state index in [4.69, 9.17) is 14.0 Å². The van der Waals surface area contributed by atoms with Gasteiger partial charge in [-0.25, -0.2) is 4.79 Å². The Morgan fingerprint density at radius 1 is 1.25 bits per heavy atom. The average Bonchev–Trinajstić information content (AvgIpc) is 2.93. The smallest absolute Gasteiger partial charge is 0.338 e. The van der Waals surface area contributed by atoms with Crippen molar-refractivity contribution < 1.29 is 18.8 Å². The van der Waals surface area contributed by atoms with E-state index in [0.717, 1.165) is 32.4 Å². The van der Waals surface area contributed by atoms with Crippen molar-refractivity contribution >= 4 is 14.3 Å². The van der Waals surface area contributed by atoms with Crippen molar-refractivity contribution in [2.24, 2.45) is 5.92 Å². The molecule has 2 saturated heterocycles. The van der Waals surface area contributed by atoms with Gasteiger partial charge in [-0.15, -0.1) is 0 Å². The van der Waals surface area contributed by atoms with Crippen molar-refractivity contribution in [3.8, 4) is 0 Å². The van der Waals surface area contributed by atoms with Crippen LogP contribution in [-0.4, -0.2) is 51.3 Å². The largest absolute Gasteiger partial charge is 0.462 e. The van der Waals surface area contributed by atoms with Gasteiger partial charge in [0.25, 0.3) is 0 Å². The molecule has 0 aliphatic carbocycles. The van der Waals surface area contributed by atoms with Gasteiger partial charge in [-0.05, 0) is 49.5 Å². The topological polar surface area (TPSA) is 48.0 Å². The molecule has 2 heterocycles. The Hall–Kier alpha value is -1.21. The standard InChI is InChI=1S/C22H35NO4Si/c1-22(2,3)28(4,5)27-20-13-14-23-19(18(20)16-26-23)12-9-15-25-21(24)17-10-7-6-8-11-17/h6-8,10-11,18-20H,9,12-16H2,1-5H3/t18-,19+,20+/m0/s1. The number of carbonyl (C=O) groups excluding carboxylic acids is 1. The summed E-state index contributed by atoms with van der Waals surface area (Å²) in [7, 11) is -1.80. The fourth-order valence-electron chi connectivity index (χ4n) is 3.83. The molecule has 2 aliphatic rings. The molecule has 0 saturated carbocycles. The van der Waals surface area contributed by atoms with Gasteiger partial charge in [-0.2, -0.15) is 5.06 Å². The Balaban J connectivity index is 1.50. The summed E-state index contributed by atoms with van der Waals surface area (Å²) in [5.41, 5.74) is 0.607. The monoisotopic (exact) mass is 405 g/mol. The zero-order valence-corrected chi connectivity index (χ0v) is 18.9. The minimum Gasteiger partial charge on any atom is -0.462 e. The quantitative estimate of drug-likeness (QED) is 0.375. The van der Waals surface area contributed by atoms with Gasteiger partial charge in [0.2, 0.25) is 0 Å². The van der Waals surface area contributed by atoms with Gasteiger partial charge in [-0.3, -0.25) is 4.84 Å². The third-order valence-corrected chi connectivity index (χ3v) is 11.1. The zero-order valence-electron chi connectivity index (χ0n) is 17.9. The van der Waals surface area contributed by atoms with Gasteiger partial charge < -0.3 is 9.16 Å². The maximum atomic E-state index is 12.1. The van der Waals surface area contributed by atoms with E-state index in [9.17, 15) is 4.79 Å². The van der Waals surface area contributed by atoms with Crippen LogP contribution in [0, 0.1) is 5.92 Å². The van der Waals surface area contributed by atoms with Gasteiger partial charge in [-0.1, -0.05) is 39.0 Å². The zero-order chi connectivity index (χ0) is 20.4. The van der Waals surface area contributed by atoms with Crippen LogP contribution in [0.3, 0.4) is 0 Å². The summed E-state index contributed by atoms with van der Waals surface area (Å²) in [5.74, 6) is 0.163. The SMILES string of the molecule is CC(C)(C)[Si](C)(C)O[C@@H]1CCN2OC[C@H]1[C@H]2CCCOC(=O)c1ccccc1. The number of hydrogen-bond donors (Lipinski definition) is 0. The Bertz CT molecular complexity index is 658. The molecular weight excluding hydrogens is 370 g/mol. The van der Waals surface area contributed by atoms with Crippen LogP contribution in [0.25, 0.3) is 0 Å². The van der Waals surface area contributed by atoms with Crippen LogP contribution in [0.1, 0.15) is 50.4 Å². The minimum absolute atomic E-state index is 0.213. The van der Waals surface area contributed by atoms with Gasteiger partial charge in [0.15, 0.2) is 8.32 Å². The van der Waals surface area contributed by atoms with Gasteiger partial charge in [0, 0.05) is 18.5 Å². The molecule has 3 rings (SSSR count). The number of piperidine rings is 1. The number of ether oxygens (including phenoxy) is 1. The lowest BCUT2D eigenvalue weighted by Crippen LogP contribution is -2.51. The highest BCUT2D eigenvalue weighted by Crippen LogP contribution is 2.42. The minimum atomic E-state index is -1.80. The molecular formula is C22H35NO4Si. The number of hydrogen-bond acceptors (Lipinski definition) is 5. The number of fused-ring (bicyclic) bond motifs is 2. The highest BCUT2D eigenvalue weighted by atomic mass is 28.4. The molecule has 1 aromatic rings. The van der Waals surface area contributed by atoms with Crippen molar-refractivity contribution in [1.29, 1.82) is 0 Å². The molecule has 0 spiro atoms. The summed E-state index contributed by atoms with van der Waals surface area (Å²) < 4.78 is 12.2. The third-order valence-electron chi connectivity index (χ3n) is 6.55. The molecule has 156 valence electrons. The van der Waals surface area contributed by atoms with E-state index in [1.165, 1.54) is 0 Å². The number of rotatable bonds is 7. The summed E-state index contributed by atoms with van der Waals surface area (Å²) >= 11 is 0. The van der Waals surface area contributed by atoms with Gasteiger partial charge in [0.1, 0.15) is 0 Å². The fourth-order valence-corrected chi connectivity index (χ4v) is 5.23. The van der Waals surface area contributed by atoms with Gasteiger partial charge in [0.05, 0.1) is 24.9 Å². The molecule has 28 heavy (non-hydrogen) atoms. The first-order valence-corrected chi connectivity index (χ1v) is 13.4. The Labute approximate surface area is 170 Å². The second-order valence-corrected chi connectivity index (χ2v) is 14.3. The predicted octanol–water partition coefficient (Wildman–Crippen LogP) is 4.65. The van der Waals surface area contributed by atoms with Crippen LogP contribution in [0.5, 0.6) is 0 Å². The van der Waals surface area contributed by atoms with Crippen LogP contribution >= 0.6 is 0 Å². The number of esters is 1. The Morgan fingerprint density at radius 3 is 2.64 bits per heavy atom. The fraction of sp³-hybridized carbons (Fsp3) is 0.682. The molecule has 0 aromatic heterocycles. The van der Waals surface area contributed by atoms with Crippen LogP contribution in [-0.2, 0) is 14.0 Å². The molecule has 1 aromatic carbocycles. The first-order chi connectivity index (χ1) is 13.2. The van der Waals surface area contributed by atoms with E-state index in [1.54, 1.807) is 12.1 Å². The summed E-state index contributed by atoms with van der Waals surface area (Å²) in [6.07, 6.45) is 3.12. The second kappa shape index (κ2) is 8.65. The summed E-state index contributed by atoms with van der Waals surface area (Å²) in [4.78, 5) is 18.0. The van der Waals surface area contributed by atoms with Crippen molar-refractivity contribution in [2.75, 3.05) is 19.8 Å². The summed E-state index contributed by atoms with van der Waals surface area (Å²) in [5, 5.41) is 2.35. The first-order valence-electron chi connectivity index (χ1n) is 10.5. The molecule has 2 bridgehead atoms. The summed E-state index contributed by atoms with van der Waals surface area (Å²) in [6.45, 7) is 13.6. The molecule has 0 amide bonds. The van der Waals surface area contributed by atoms with E-state index < -0.39 is 8.32 Å². The molecule has 5 nitrogen and oxygen atoms in total. The highest BCUT2D eigenvalue weighted by Gasteiger charge is 2.48. The molecule has 2 aliphatic heterocycles. The van der Waals surface area contributed by atoms with E-state index in [1.807, 2.05) is 18.2 Å². The lowest BCUT2D eigenvalue weighted by Gasteiger charge is -2.44. The maximum Gasteiger partial charge on any atom is 0.338 e. The first kappa shape index (κ1) is 21.5. The molecule has 2 fully saturated rings. The van der Waals surface area contributed by atoms with E-state index >= 15 is 0 Å². The maximum absolute atomic E-state index is 12.1. The van der Waals surface area contributed by atoms with Crippen molar-refractivity contribution in [1.82, 2.24) is 5.06 Å². The number of carbonyl (C=O) groups is 1. The molecule has 0 N–H and O–H groups in total. The Morgan fingerprint density at radius 2 is 1.96 bits per heavy atom. The van der Waals surface area contributed by atoms with Crippen molar-refractivity contribution in [3.05, 3.63) is 35.9 Å². The van der Waals surface area contributed by atoms with E-state index in [2.05, 4.69) is 38.9 Å². The molecule has 6 heteroatoms. The number of nitrogens with zero attached hydrogens (tertiary/aromatic N) is 1. The van der Waals surface area contributed by atoms with Crippen LogP contribution in [0.2, 0.25) is 18.1 Å². The van der Waals surface area contributed by atoms with Crippen LogP contribution < -0.4 is 0 Å². The second-order valence-electron chi connectivity index (χ2n) is 9.52. The predicted molar refractivity (Wildman–Crippen MR) is 113 cm³/mol. The van der Waals surface area contributed by atoms with Crippen molar-refractivity contribution in [3.63, 3.8) is 0 Å². The molecule has 1 unspecified atom stereocenters. The van der Waals surface area contributed by atoms with E-state index in [-0.39, 0.29) is 17.1 Å². The molecule has 4 atom stereocenters. The average molecular weight is 406 g/mol. The van der Waals surface area contributed by atoms with E-state index in [0.29, 0.717) is 24.1 Å². The highest BCUT2D eigenvalue weighted by molar-refractivity contribution is 6.74.